The standard InChI is InChI=1S/C19H12N4O3S2/c24-16-15-12(13-7-4-8-25-13)9-27-18(15)21-14(20-16)10-28-19-23-22-17(26-19)11-5-2-1-3-6-11/h1-9H,10H2,(H,20,21,24). The van der Waals surface area contributed by atoms with E-state index in [-0.39, 0.29) is 5.56 Å². The highest BCUT2D eigenvalue weighted by Crippen LogP contribution is 2.31. The van der Waals surface area contributed by atoms with Crippen LogP contribution in [0.5, 0.6) is 0 Å². The van der Waals surface area contributed by atoms with Gasteiger partial charge in [-0.2, -0.15) is 0 Å². The first-order valence-corrected chi connectivity index (χ1v) is 10.2. The van der Waals surface area contributed by atoms with Crippen molar-refractivity contribution in [1.82, 2.24) is 20.2 Å². The number of fused-ring (bicyclic) bond motifs is 1. The highest BCUT2D eigenvalue weighted by Gasteiger charge is 2.15. The normalized spacial score (nSPS) is 11.3. The third kappa shape index (κ3) is 3.14. The van der Waals surface area contributed by atoms with E-state index in [1.165, 1.54) is 23.1 Å². The molecule has 4 aromatic heterocycles. The van der Waals surface area contributed by atoms with Gasteiger partial charge in [0.1, 0.15) is 16.4 Å². The van der Waals surface area contributed by atoms with E-state index in [1.54, 1.807) is 12.3 Å². The Bertz CT molecular complexity index is 1290. The van der Waals surface area contributed by atoms with E-state index < -0.39 is 0 Å². The zero-order chi connectivity index (χ0) is 18.9. The average molecular weight is 408 g/mol. The van der Waals surface area contributed by atoms with Crippen LogP contribution in [0.15, 0.2) is 73.0 Å². The molecular formula is C19H12N4O3S2. The number of nitrogens with one attached hydrogen (secondary N) is 1. The van der Waals surface area contributed by atoms with Gasteiger partial charge in [0.15, 0.2) is 0 Å². The van der Waals surface area contributed by atoms with Gasteiger partial charge < -0.3 is 13.8 Å². The van der Waals surface area contributed by atoms with E-state index in [4.69, 9.17) is 8.83 Å². The van der Waals surface area contributed by atoms with E-state index in [2.05, 4.69) is 20.2 Å². The fourth-order valence-corrected chi connectivity index (χ4v) is 4.35. The zero-order valence-corrected chi connectivity index (χ0v) is 15.9. The molecule has 0 unspecified atom stereocenters. The molecule has 0 atom stereocenters. The van der Waals surface area contributed by atoms with Crippen LogP contribution in [-0.2, 0) is 5.75 Å². The average Bonchev–Trinajstić information content (AvgIpc) is 3.46. The molecule has 0 saturated heterocycles. The molecular weight excluding hydrogens is 396 g/mol. The second kappa shape index (κ2) is 7.10. The van der Waals surface area contributed by atoms with E-state index in [9.17, 15) is 4.79 Å². The number of benzene rings is 1. The van der Waals surface area contributed by atoms with Crippen LogP contribution in [0.3, 0.4) is 0 Å². The van der Waals surface area contributed by atoms with Crippen LogP contribution in [0.25, 0.3) is 33.0 Å². The predicted molar refractivity (Wildman–Crippen MR) is 107 cm³/mol. The number of aromatic amines is 1. The summed E-state index contributed by atoms with van der Waals surface area (Å²) in [6.07, 6.45) is 1.58. The third-order valence-electron chi connectivity index (χ3n) is 4.04. The SMILES string of the molecule is O=c1[nH]c(CSc2nnc(-c3ccccc3)o2)nc2scc(-c3ccco3)c12. The summed E-state index contributed by atoms with van der Waals surface area (Å²) in [4.78, 5) is 20.6. The summed E-state index contributed by atoms with van der Waals surface area (Å²) in [5, 5.41) is 10.9. The molecule has 138 valence electrons. The van der Waals surface area contributed by atoms with Crippen LogP contribution >= 0.6 is 23.1 Å². The van der Waals surface area contributed by atoms with Crippen LogP contribution in [0.2, 0.25) is 0 Å². The van der Waals surface area contributed by atoms with Crippen molar-refractivity contribution in [1.29, 1.82) is 0 Å². The van der Waals surface area contributed by atoms with Crippen LogP contribution in [0, 0.1) is 0 Å². The maximum absolute atomic E-state index is 12.6. The maximum Gasteiger partial charge on any atom is 0.277 e. The molecule has 0 radical (unpaired) electrons. The molecule has 4 heterocycles. The number of thioether (sulfide) groups is 1. The number of nitrogens with zero attached hydrogens (tertiary/aromatic N) is 3. The van der Waals surface area contributed by atoms with E-state index in [0.717, 1.165) is 11.1 Å². The van der Waals surface area contributed by atoms with Gasteiger partial charge in [-0.15, -0.1) is 21.5 Å². The lowest BCUT2D eigenvalue weighted by Gasteiger charge is -1.99. The highest BCUT2D eigenvalue weighted by atomic mass is 32.2. The molecule has 28 heavy (non-hydrogen) atoms. The summed E-state index contributed by atoms with van der Waals surface area (Å²) >= 11 is 2.74. The summed E-state index contributed by atoms with van der Waals surface area (Å²) in [6.45, 7) is 0. The van der Waals surface area contributed by atoms with E-state index >= 15 is 0 Å². The highest BCUT2D eigenvalue weighted by molar-refractivity contribution is 7.98. The smallest absolute Gasteiger partial charge is 0.277 e. The molecule has 7 nitrogen and oxygen atoms in total. The summed E-state index contributed by atoms with van der Waals surface area (Å²) < 4.78 is 11.1. The van der Waals surface area contributed by atoms with Gasteiger partial charge in [-0.25, -0.2) is 4.98 Å². The molecule has 0 amide bonds. The van der Waals surface area contributed by atoms with Crippen LogP contribution in [-0.4, -0.2) is 20.2 Å². The first-order valence-electron chi connectivity index (χ1n) is 8.34. The van der Waals surface area contributed by atoms with Crippen LogP contribution in [0.1, 0.15) is 5.82 Å². The quantitative estimate of drug-likeness (QED) is 0.425. The fourth-order valence-electron chi connectivity index (χ4n) is 2.77. The Morgan fingerprint density at radius 1 is 1.11 bits per heavy atom. The van der Waals surface area contributed by atoms with Crippen molar-refractivity contribution in [3.63, 3.8) is 0 Å². The molecule has 0 bridgehead atoms. The van der Waals surface area contributed by atoms with Crippen LogP contribution in [0.4, 0.5) is 0 Å². The summed E-state index contributed by atoms with van der Waals surface area (Å²) in [5.74, 6) is 2.08. The van der Waals surface area contributed by atoms with Crippen molar-refractivity contribution in [2.24, 2.45) is 0 Å². The third-order valence-corrected chi connectivity index (χ3v) is 5.74. The number of hydrogen-bond acceptors (Lipinski definition) is 8. The van der Waals surface area contributed by atoms with Crippen molar-refractivity contribution in [2.45, 2.75) is 11.0 Å². The first kappa shape index (κ1) is 17.0. The maximum atomic E-state index is 12.6. The van der Waals surface area contributed by atoms with Crippen molar-refractivity contribution in [2.75, 3.05) is 0 Å². The molecule has 0 saturated carbocycles. The Morgan fingerprint density at radius 2 is 2.00 bits per heavy atom. The largest absolute Gasteiger partial charge is 0.464 e. The van der Waals surface area contributed by atoms with E-state index in [0.29, 0.717) is 38.7 Å². The lowest BCUT2D eigenvalue weighted by atomic mass is 10.2. The minimum absolute atomic E-state index is 0.191. The second-order valence-corrected chi connectivity index (χ2v) is 7.63. The zero-order valence-electron chi connectivity index (χ0n) is 14.3. The molecule has 1 N–H and O–H groups in total. The fraction of sp³-hybridized carbons (Fsp3) is 0.0526. The molecule has 0 aliphatic carbocycles. The lowest BCUT2D eigenvalue weighted by Crippen LogP contribution is -2.10. The van der Waals surface area contributed by atoms with Crippen molar-refractivity contribution >= 4 is 33.3 Å². The van der Waals surface area contributed by atoms with Gasteiger partial charge in [0.05, 0.1) is 17.4 Å². The lowest BCUT2D eigenvalue weighted by molar-refractivity contribution is 0.465. The molecule has 9 heteroatoms. The van der Waals surface area contributed by atoms with Crippen molar-refractivity contribution in [3.8, 4) is 22.8 Å². The van der Waals surface area contributed by atoms with Gasteiger partial charge in [-0.1, -0.05) is 30.0 Å². The molecule has 1 aromatic carbocycles. The molecule has 0 aliphatic rings. The molecule has 5 aromatic rings. The number of rotatable bonds is 5. The topological polar surface area (TPSA) is 97.8 Å². The minimum Gasteiger partial charge on any atom is -0.464 e. The molecule has 5 rings (SSSR count). The van der Waals surface area contributed by atoms with Crippen molar-refractivity contribution < 1.29 is 8.83 Å². The summed E-state index contributed by atoms with van der Waals surface area (Å²) in [6, 6.07) is 13.2. The molecule has 0 fully saturated rings. The Balaban J connectivity index is 1.38. The second-order valence-electron chi connectivity index (χ2n) is 5.85. The van der Waals surface area contributed by atoms with Gasteiger partial charge >= 0.3 is 0 Å². The number of thiophene rings is 1. The number of hydrogen-bond donors (Lipinski definition) is 1. The Labute approximate surface area is 166 Å². The van der Waals surface area contributed by atoms with Crippen molar-refractivity contribution in [3.05, 3.63) is 70.3 Å². The van der Waals surface area contributed by atoms with Gasteiger partial charge in [0, 0.05) is 16.5 Å². The Kier molecular flexibility index (Phi) is 4.30. The first-order chi connectivity index (χ1) is 13.8. The van der Waals surface area contributed by atoms with E-state index in [1.807, 2.05) is 41.8 Å². The predicted octanol–water partition coefficient (Wildman–Crippen LogP) is 4.59. The van der Waals surface area contributed by atoms with Gasteiger partial charge in [-0.3, -0.25) is 4.79 Å². The van der Waals surface area contributed by atoms with Gasteiger partial charge in [-0.05, 0) is 24.3 Å². The monoisotopic (exact) mass is 408 g/mol. The molecule has 0 aliphatic heterocycles. The Morgan fingerprint density at radius 3 is 2.82 bits per heavy atom. The summed E-state index contributed by atoms with van der Waals surface area (Å²) in [5.41, 5.74) is 1.42. The Hall–Kier alpha value is -3.17. The molecule has 0 spiro atoms. The summed E-state index contributed by atoms with van der Waals surface area (Å²) in [7, 11) is 0. The van der Waals surface area contributed by atoms with Gasteiger partial charge in [0.25, 0.3) is 10.8 Å². The number of furan rings is 1. The number of aromatic nitrogens is 4. The number of H-pyrrole nitrogens is 1. The van der Waals surface area contributed by atoms with Crippen LogP contribution < -0.4 is 5.56 Å². The minimum atomic E-state index is -0.191. The van der Waals surface area contributed by atoms with Gasteiger partial charge in [0.2, 0.25) is 5.89 Å².